The van der Waals surface area contributed by atoms with E-state index >= 15 is 0 Å². The minimum absolute atomic E-state index is 0.312. The lowest BCUT2D eigenvalue weighted by Gasteiger charge is -2.08. The first-order valence-corrected chi connectivity index (χ1v) is 7.54. The first-order valence-electron chi connectivity index (χ1n) is 6.72. The zero-order valence-corrected chi connectivity index (χ0v) is 12.9. The van der Waals surface area contributed by atoms with Crippen molar-refractivity contribution in [2.24, 2.45) is 0 Å². The molecule has 0 bridgehead atoms. The zero-order valence-electron chi connectivity index (χ0n) is 12.0. The van der Waals surface area contributed by atoms with Gasteiger partial charge in [0.25, 0.3) is 5.91 Å². The van der Waals surface area contributed by atoms with E-state index in [0.29, 0.717) is 27.1 Å². The van der Waals surface area contributed by atoms with E-state index in [2.05, 4.69) is 5.32 Å². The number of nitrogens with one attached hydrogen (secondary N) is 1. The molecular weight excluding hydrogens is 304 g/mol. The number of thiophene rings is 1. The molecule has 0 fully saturated rings. The molecule has 112 valence electrons. The number of amides is 1. The second-order valence-electron chi connectivity index (χ2n) is 5.08. The largest absolute Gasteiger partial charge is 0.321 e. The number of hydrogen-bond acceptors (Lipinski definition) is 2. The Morgan fingerprint density at radius 3 is 2.59 bits per heavy atom. The molecular formula is C17H13F2NOS. The SMILES string of the molecule is Cc1cc(F)ccc1NC(=O)c1sc2cccc(F)c2c1C. The minimum atomic E-state index is -0.351. The van der Waals surface area contributed by atoms with Gasteiger partial charge in [-0.3, -0.25) is 4.79 Å². The van der Waals surface area contributed by atoms with Gasteiger partial charge in [0.1, 0.15) is 11.6 Å². The molecule has 0 aliphatic heterocycles. The third-order valence-electron chi connectivity index (χ3n) is 3.55. The number of halogens is 2. The molecule has 0 aliphatic rings. The maximum absolute atomic E-state index is 13.9. The monoisotopic (exact) mass is 317 g/mol. The van der Waals surface area contributed by atoms with Gasteiger partial charge in [-0.25, -0.2) is 8.78 Å². The fraction of sp³-hybridized carbons (Fsp3) is 0.118. The highest BCUT2D eigenvalue weighted by atomic mass is 32.1. The standard InChI is InChI=1S/C17H13F2NOS/c1-9-8-11(18)6-7-13(9)20-17(21)16-10(2)15-12(19)4-3-5-14(15)22-16/h3-8H,1-2H3,(H,20,21). The Hall–Kier alpha value is -2.27. The number of carbonyl (C=O) groups is 1. The molecule has 0 spiro atoms. The van der Waals surface area contributed by atoms with Gasteiger partial charge in [0.15, 0.2) is 0 Å². The number of hydrogen-bond donors (Lipinski definition) is 1. The van der Waals surface area contributed by atoms with Gasteiger partial charge >= 0.3 is 0 Å². The van der Waals surface area contributed by atoms with Crippen LogP contribution >= 0.6 is 11.3 Å². The average Bonchev–Trinajstić information content (AvgIpc) is 2.80. The van der Waals surface area contributed by atoms with Crippen molar-refractivity contribution in [2.75, 3.05) is 5.32 Å². The lowest BCUT2D eigenvalue weighted by molar-refractivity contribution is 0.103. The van der Waals surface area contributed by atoms with Crippen LogP contribution in [0, 0.1) is 25.5 Å². The summed E-state index contributed by atoms with van der Waals surface area (Å²) in [6, 6.07) is 8.96. The molecule has 1 N–H and O–H groups in total. The van der Waals surface area contributed by atoms with E-state index in [-0.39, 0.29) is 17.5 Å². The molecule has 22 heavy (non-hydrogen) atoms. The number of carbonyl (C=O) groups excluding carboxylic acids is 1. The van der Waals surface area contributed by atoms with Crippen LogP contribution in [0.25, 0.3) is 10.1 Å². The van der Waals surface area contributed by atoms with Crippen LogP contribution in [-0.2, 0) is 0 Å². The number of rotatable bonds is 2. The van der Waals surface area contributed by atoms with E-state index in [1.165, 1.54) is 35.6 Å². The summed E-state index contributed by atoms with van der Waals surface area (Å²) < 4.78 is 27.7. The Labute approximate surface area is 130 Å². The minimum Gasteiger partial charge on any atom is -0.321 e. The highest BCUT2D eigenvalue weighted by Crippen LogP contribution is 2.33. The van der Waals surface area contributed by atoms with Crippen molar-refractivity contribution < 1.29 is 13.6 Å². The average molecular weight is 317 g/mol. The number of aryl methyl sites for hydroxylation is 2. The topological polar surface area (TPSA) is 29.1 Å². The number of benzene rings is 2. The highest BCUT2D eigenvalue weighted by Gasteiger charge is 2.18. The van der Waals surface area contributed by atoms with E-state index in [0.717, 1.165) is 4.70 Å². The molecule has 0 saturated carbocycles. The predicted molar refractivity (Wildman–Crippen MR) is 85.6 cm³/mol. The van der Waals surface area contributed by atoms with Gasteiger partial charge in [-0.2, -0.15) is 0 Å². The van der Waals surface area contributed by atoms with Gasteiger partial charge in [0.2, 0.25) is 0 Å². The third kappa shape index (κ3) is 2.48. The summed E-state index contributed by atoms with van der Waals surface area (Å²) in [5.74, 6) is -0.994. The van der Waals surface area contributed by atoms with Crippen LogP contribution in [0.5, 0.6) is 0 Å². The van der Waals surface area contributed by atoms with E-state index < -0.39 is 0 Å². The fourth-order valence-electron chi connectivity index (χ4n) is 2.42. The van der Waals surface area contributed by atoms with Gasteiger partial charge in [0.05, 0.1) is 4.88 Å². The third-order valence-corrected chi connectivity index (χ3v) is 4.80. The molecule has 0 atom stereocenters. The van der Waals surface area contributed by atoms with Crippen LogP contribution < -0.4 is 5.32 Å². The Morgan fingerprint density at radius 2 is 1.91 bits per heavy atom. The van der Waals surface area contributed by atoms with Gasteiger partial charge < -0.3 is 5.32 Å². The predicted octanol–water partition coefficient (Wildman–Crippen LogP) is 5.05. The quantitative estimate of drug-likeness (QED) is 0.704. The van der Waals surface area contributed by atoms with Crippen molar-refractivity contribution >= 4 is 33.0 Å². The lowest BCUT2D eigenvalue weighted by Crippen LogP contribution is -2.12. The van der Waals surface area contributed by atoms with Crippen molar-refractivity contribution in [1.82, 2.24) is 0 Å². The van der Waals surface area contributed by atoms with Crippen LogP contribution in [-0.4, -0.2) is 5.91 Å². The number of anilines is 1. The molecule has 1 amide bonds. The van der Waals surface area contributed by atoms with Crippen molar-refractivity contribution in [3.05, 3.63) is 64.0 Å². The smallest absolute Gasteiger partial charge is 0.266 e. The van der Waals surface area contributed by atoms with Crippen molar-refractivity contribution in [1.29, 1.82) is 0 Å². The van der Waals surface area contributed by atoms with Crippen molar-refractivity contribution in [2.45, 2.75) is 13.8 Å². The first kappa shape index (κ1) is 14.7. The zero-order chi connectivity index (χ0) is 15.9. The summed E-state index contributed by atoms with van der Waals surface area (Å²) in [5.41, 5.74) is 1.80. The van der Waals surface area contributed by atoms with Crippen molar-refractivity contribution in [3.63, 3.8) is 0 Å². The summed E-state index contributed by atoms with van der Waals surface area (Å²) in [6.45, 7) is 3.45. The second-order valence-corrected chi connectivity index (χ2v) is 6.13. The van der Waals surface area contributed by atoms with Gasteiger partial charge in [-0.1, -0.05) is 6.07 Å². The van der Waals surface area contributed by atoms with E-state index in [1.54, 1.807) is 26.0 Å². The van der Waals surface area contributed by atoms with Crippen LogP contribution in [0.15, 0.2) is 36.4 Å². The van der Waals surface area contributed by atoms with E-state index in [4.69, 9.17) is 0 Å². The maximum Gasteiger partial charge on any atom is 0.266 e. The van der Waals surface area contributed by atoms with Gasteiger partial charge in [-0.15, -0.1) is 11.3 Å². The second kappa shape index (κ2) is 5.50. The van der Waals surface area contributed by atoms with Crippen LogP contribution in [0.1, 0.15) is 20.8 Å². The van der Waals surface area contributed by atoms with Gasteiger partial charge in [0, 0.05) is 15.8 Å². The van der Waals surface area contributed by atoms with Crippen molar-refractivity contribution in [3.8, 4) is 0 Å². The van der Waals surface area contributed by atoms with Crippen LogP contribution in [0.2, 0.25) is 0 Å². The molecule has 2 nitrogen and oxygen atoms in total. The molecule has 0 unspecified atom stereocenters. The molecule has 1 heterocycles. The molecule has 0 saturated heterocycles. The summed E-state index contributed by atoms with van der Waals surface area (Å²) in [4.78, 5) is 12.9. The Kier molecular flexibility index (Phi) is 3.66. The fourth-order valence-corrected chi connectivity index (χ4v) is 3.53. The maximum atomic E-state index is 13.9. The Morgan fingerprint density at radius 1 is 1.14 bits per heavy atom. The summed E-state index contributed by atoms with van der Waals surface area (Å²) in [6.07, 6.45) is 0. The molecule has 0 aliphatic carbocycles. The van der Waals surface area contributed by atoms with E-state index in [1.807, 2.05) is 0 Å². The molecule has 0 radical (unpaired) electrons. The first-order chi connectivity index (χ1) is 10.5. The van der Waals surface area contributed by atoms with Crippen LogP contribution in [0.4, 0.5) is 14.5 Å². The lowest BCUT2D eigenvalue weighted by atomic mass is 10.1. The number of fused-ring (bicyclic) bond motifs is 1. The normalized spacial score (nSPS) is 10.9. The molecule has 1 aromatic heterocycles. The molecule has 5 heteroatoms. The molecule has 2 aromatic carbocycles. The highest BCUT2D eigenvalue weighted by molar-refractivity contribution is 7.21. The molecule has 3 rings (SSSR count). The summed E-state index contributed by atoms with van der Waals surface area (Å²) in [5, 5.41) is 3.24. The summed E-state index contributed by atoms with van der Waals surface area (Å²) >= 11 is 1.25. The summed E-state index contributed by atoms with van der Waals surface area (Å²) in [7, 11) is 0. The molecule has 3 aromatic rings. The van der Waals surface area contributed by atoms with Gasteiger partial charge in [-0.05, 0) is 55.3 Å². The Bertz CT molecular complexity index is 886. The van der Waals surface area contributed by atoms with E-state index in [9.17, 15) is 13.6 Å². The Balaban J connectivity index is 1.99. The van der Waals surface area contributed by atoms with Crippen LogP contribution in [0.3, 0.4) is 0 Å².